The SMILES string of the molecule is CCOC(=O)[C@H]1CCCN(C(=NC)NCc2nccn2CCc2ccccc2)C1.I. The molecule has 0 radical (unpaired) electrons. The van der Waals surface area contributed by atoms with Gasteiger partial charge in [0.2, 0.25) is 0 Å². The van der Waals surface area contributed by atoms with Crippen LogP contribution in [0.5, 0.6) is 0 Å². The van der Waals surface area contributed by atoms with E-state index in [2.05, 4.69) is 49.0 Å². The molecular formula is C22H32IN5O2. The van der Waals surface area contributed by atoms with Crippen molar-refractivity contribution in [3.8, 4) is 0 Å². The van der Waals surface area contributed by atoms with Gasteiger partial charge in [-0.25, -0.2) is 4.98 Å². The molecule has 2 aromatic rings. The number of carbonyl (C=O) groups excluding carboxylic acids is 1. The van der Waals surface area contributed by atoms with Crippen molar-refractivity contribution < 1.29 is 9.53 Å². The molecule has 164 valence electrons. The summed E-state index contributed by atoms with van der Waals surface area (Å²) in [6.07, 6.45) is 6.64. The van der Waals surface area contributed by atoms with E-state index in [0.29, 0.717) is 19.7 Å². The molecule has 1 aliphatic rings. The summed E-state index contributed by atoms with van der Waals surface area (Å²) in [6.45, 7) is 5.27. The molecule has 1 N–H and O–H groups in total. The topological polar surface area (TPSA) is 71.8 Å². The normalized spacial score (nSPS) is 16.7. The Labute approximate surface area is 195 Å². The summed E-state index contributed by atoms with van der Waals surface area (Å²) in [5.74, 6) is 1.58. The summed E-state index contributed by atoms with van der Waals surface area (Å²) >= 11 is 0. The van der Waals surface area contributed by atoms with Crippen LogP contribution in [0.4, 0.5) is 0 Å². The molecule has 1 atom stereocenters. The van der Waals surface area contributed by atoms with Crippen LogP contribution in [0.2, 0.25) is 0 Å². The van der Waals surface area contributed by atoms with Crippen molar-refractivity contribution >= 4 is 35.9 Å². The Morgan fingerprint density at radius 3 is 2.87 bits per heavy atom. The van der Waals surface area contributed by atoms with E-state index in [1.165, 1.54) is 5.56 Å². The average Bonchev–Trinajstić information content (AvgIpc) is 3.21. The van der Waals surface area contributed by atoms with Crippen molar-refractivity contribution in [1.29, 1.82) is 0 Å². The zero-order valence-corrected chi connectivity index (χ0v) is 20.1. The molecule has 0 aliphatic carbocycles. The van der Waals surface area contributed by atoms with Gasteiger partial charge >= 0.3 is 5.97 Å². The molecule has 8 heteroatoms. The van der Waals surface area contributed by atoms with Gasteiger partial charge in [0.1, 0.15) is 5.82 Å². The summed E-state index contributed by atoms with van der Waals surface area (Å²) < 4.78 is 7.37. The molecule has 0 unspecified atom stereocenters. The molecule has 1 aromatic heterocycles. The van der Waals surface area contributed by atoms with E-state index in [9.17, 15) is 4.79 Å². The lowest BCUT2D eigenvalue weighted by atomic mass is 9.98. The minimum Gasteiger partial charge on any atom is -0.466 e. The standard InChI is InChI=1S/C22H31N5O2.HI/c1-3-29-21(28)19-10-7-13-27(17-19)22(23-2)25-16-20-24-12-15-26(20)14-11-18-8-5-4-6-9-18;/h4-6,8-9,12,15,19H,3,7,10-11,13-14,16-17H2,1-2H3,(H,23,25);1H/t19-;/m0./s1. The van der Waals surface area contributed by atoms with Crippen LogP contribution in [0, 0.1) is 5.92 Å². The highest BCUT2D eigenvalue weighted by Gasteiger charge is 2.28. The second-order valence-corrected chi connectivity index (χ2v) is 7.21. The summed E-state index contributed by atoms with van der Waals surface area (Å²) in [5.41, 5.74) is 1.31. The van der Waals surface area contributed by atoms with Gasteiger partial charge in [-0.2, -0.15) is 0 Å². The van der Waals surface area contributed by atoms with Crippen LogP contribution in [0.3, 0.4) is 0 Å². The van der Waals surface area contributed by atoms with Gasteiger partial charge < -0.3 is 19.5 Å². The zero-order chi connectivity index (χ0) is 20.5. The molecule has 2 heterocycles. The largest absolute Gasteiger partial charge is 0.466 e. The lowest BCUT2D eigenvalue weighted by molar-refractivity contribution is -0.149. The third-order valence-electron chi connectivity index (χ3n) is 5.24. The fourth-order valence-corrected chi connectivity index (χ4v) is 3.72. The van der Waals surface area contributed by atoms with Gasteiger partial charge in [-0.15, -0.1) is 24.0 Å². The molecule has 0 spiro atoms. The number of rotatable bonds is 7. The van der Waals surface area contributed by atoms with Crippen molar-refractivity contribution in [3.63, 3.8) is 0 Å². The van der Waals surface area contributed by atoms with Crippen molar-refractivity contribution in [2.45, 2.75) is 39.3 Å². The minimum atomic E-state index is -0.107. The van der Waals surface area contributed by atoms with Crippen molar-refractivity contribution in [1.82, 2.24) is 19.8 Å². The van der Waals surface area contributed by atoms with Crippen LogP contribution in [0.25, 0.3) is 0 Å². The van der Waals surface area contributed by atoms with Crippen LogP contribution < -0.4 is 5.32 Å². The van der Waals surface area contributed by atoms with Gasteiger partial charge in [-0.3, -0.25) is 9.79 Å². The molecule has 0 amide bonds. The summed E-state index contributed by atoms with van der Waals surface area (Å²) in [6, 6.07) is 10.5. The Balaban J connectivity index is 0.00000320. The van der Waals surface area contributed by atoms with E-state index in [0.717, 1.165) is 44.1 Å². The maximum atomic E-state index is 12.1. The molecular weight excluding hydrogens is 493 g/mol. The second kappa shape index (κ2) is 12.6. The average molecular weight is 525 g/mol. The third kappa shape index (κ3) is 6.72. The van der Waals surface area contributed by atoms with Crippen LogP contribution in [0.1, 0.15) is 31.2 Å². The van der Waals surface area contributed by atoms with E-state index < -0.39 is 0 Å². The van der Waals surface area contributed by atoms with Crippen LogP contribution in [-0.2, 0) is 29.0 Å². The number of hydrogen-bond donors (Lipinski definition) is 1. The predicted octanol–water partition coefficient (Wildman–Crippen LogP) is 3.09. The maximum absolute atomic E-state index is 12.1. The summed E-state index contributed by atoms with van der Waals surface area (Å²) in [7, 11) is 1.78. The Hall–Kier alpha value is -2.10. The second-order valence-electron chi connectivity index (χ2n) is 7.21. The number of esters is 1. The molecule has 1 aromatic carbocycles. The zero-order valence-electron chi connectivity index (χ0n) is 17.8. The van der Waals surface area contributed by atoms with Gasteiger partial charge in [0, 0.05) is 39.1 Å². The first-order chi connectivity index (χ1) is 14.2. The number of halogens is 1. The van der Waals surface area contributed by atoms with Gasteiger partial charge in [-0.1, -0.05) is 30.3 Å². The number of nitrogens with zero attached hydrogens (tertiary/aromatic N) is 4. The third-order valence-corrected chi connectivity index (χ3v) is 5.24. The molecule has 1 fully saturated rings. The van der Waals surface area contributed by atoms with E-state index in [1.54, 1.807) is 7.05 Å². The van der Waals surface area contributed by atoms with Crippen molar-refractivity contribution in [2.75, 3.05) is 26.7 Å². The van der Waals surface area contributed by atoms with E-state index in [-0.39, 0.29) is 35.9 Å². The Kier molecular flexibility index (Phi) is 10.1. The minimum absolute atomic E-state index is 0. The molecule has 0 saturated carbocycles. The smallest absolute Gasteiger partial charge is 0.310 e. The van der Waals surface area contributed by atoms with Gasteiger partial charge in [-0.05, 0) is 31.7 Å². The van der Waals surface area contributed by atoms with E-state index in [1.807, 2.05) is 25.4 Å². The highest BCUT2D eigenvalue weighted by atomic mass is 127. The fraction of sp³-hybridized carbons (Fsp3) is 0.500. The number of piperidine rings is 1. The molecule has 1 aliphatic heterocycles. The van der Waals surface area contributed by atoms with Gasteiger partial charge in [0.05, 0.1) is 19.1 Å². The number of imidazole rings is 1. The number of benzene rings is 1. The number of guanidine groups is 1. The highest BCUT2D eigenvalue weighted by molar-refractivity contribution is 14.0. The molecule has 30 heavy (non-hydrogen) atoms. The van der Waals surface area contributed by atoms with E-state index in [4.69, 9.17) is 4.74 Å². The number of carbonyl (C=O) groups is 1. The Morgan fingerprint density at radius 2 is 2.13 bits per heavy atom. The van der Waals surface area contributed by atoms with Crippen LogP contribution in [0.15, 0.2) is 47.7 Å². The molecule has 3 rings (SSSR count). The van der Waals surface area contributed by atoms with E-state index >= 15 is 0 Å². The quantitative estimate of drug-likeness (QED) is 0.261. The lowest BCUT2D eigenvalue weighted by Crippen LogP contribution is -2.48. The highest BCUT2D eigenvalue weighted by Crippen LogP contribution is 2.18. The lowest BCUT2D eigenvalue weighted by Gasteiger charge is -2.33. The Bertz CT molecular complexity index is 809. The Morgan fingerprint density at radius 1 is 1.33 bits per heavy atom. The monoisotopic (exact) mass is 525 g/mol. The summed E-state index contributed by atoms with van der Waals surface area (Å²) in [4.78, 5) is 23.2. The fourth-order valence-electron chi connectivity index (χ4n) is 3.72. The molecule has 1 saturated heterocycles. The number of hydrogen-bond acceptors (Lipinski definition) is 4. The van der Waals surface area contributed by atoms with Crippen molar-refractivity contribution in [2.24, 2.45) is 10.9 Å². The maximum Gasteiger partial charge on any atom is 0.310 e. The number of aromatic nitrogens is 2. The van der Waals surface area contributed by atoms with Gasteiger partial charge in [0.25, 0.3) is 0 Å². The van der Waals surface area contributed by atoms with Crippen LogP contribution in [-0.4, -0.2) is 53.1 Å². The first-order valence-electron chi connectivity index (χ1n) is 10.4. The van der Waals surface area contributed by atoms with Crippen molar-refractivity contribution in [3.05, 3.63) is 54.1 Å². The molecule has 7 nitrogen and oxygen atoms in total. The van der Waals surface area contributed by atoms with Crippen LogP contribution >= 0.6 is 24.0 Å². The number of nitrogens with one attached hydrogen (secondary N) is 1. The predicted molar refractivity (Wildman–Crippen MR) is 129 cm³/mol. The molecule has 0 bridgehead atoms. The number of aryl methyl sites for hydroxylation is 2. The summed E-state index contributed by atoms with van der Waals surface area (Å²) in [5, 5.41) is 3.41. The first-order valence-corrected chi connectivity index (χ1v) is 10.4. The number of likely N-dealkylation sites (tertiary alicyclic amines) is 1. The number of aliphatic imine (C=N–C) groups is 1. The first kappa shape index (κ1) is 24.2. The van der Waals surface area contributed by atoms with Gasteiger partial charge in [0.15, 0.2) is 5.96 Å². The number of ether oxygens (including phenoxy) is 1.